The summed E-state index contributed by atoms with van der Waals surface area (Å²) in [7, 11) is -3.67. The molecule has 2 heterocycles. The average molecular weight is 531 g/mol. The van der Waals surface area contributed by atoms with E-state index in [1.54, 1.807) is 43.8 Å². The molecule has 1 saturated heterocycles. The lowest BCUT2D eigenvalue weighted by molar-refractivity contribution is 0.128. The van der Waals surface area contributed by atoms with Crippen LogP contribution >= 0.6 is 0 Å². The van der Waals surface area contributed by atoms with E-state index in [0.717, 1.165) is 6.07 Å². The van der Waals surface area contributed by atoms with Gasteiger partial charge >= 0.3 is 0 Å². The van der Waals surface area contributed by atoms with Gasteiger partial charge in [0.05, 0.1) is 17.1 Å². The molecule has 5 rings (SSSR count). The van der Waals surface area contributed by atoms with Crippen molar-refractivity contribution in [1.82, 2.24) is 20.1 Å². The lowest BCUT2D eigenvalue weighted by Gasteiger charge is -2.40. The number of nitrogens with zero attached hydrogens (tertiary/aromatic N) is 3. The predicted molar refractivity (Wildman–Crippen MR) is 136 cm³/mol. The van der Waals surface area contributed by atoms with Gasteiger partial charge in [-0.15, -0.1) is 10.2 Å². The normalized spacial score (nSPS) is 29.7. The zero-order valence-corrected chi connectivity index (χ0v) is 21.5. The van der Waals surface area contributed by atoms with Gasteiger partial charge in [0.15, 0.2) is 9.84 Å². The molecule has 10 heteroatoms. The molecular formula is C27H32F2N4O3S. The minimum absolute atomic E-state index is 0.0310. The zero-order valence-electron chi connectivity index (χ0n) is 20.7. The molecule has 3 atom stereocenters. The largest absolute Gasteiger partial charge is 0.395 e. The summed E-state index contributed by atoms with van der Waals surface area (Å²) >= 11 is 0. The van der Waals surface area contributed by atoms with Crippen LogP contribution in [0.1, 0.15) is 60.6 Å². The molecule has 0 radical (unpaired) electrons. The molecule has 3 aromatic rings. The fraction of sp³-hybridized carbons (Fsp3) is 0.481. The van der Waals surface area contributed by atoms with Gasteiger partial charge in [0.2, 0.25) is 0 Å². The third kappa shape index (κ3) is 4.82. The highest BCUT2D eigenvalue weighted by atomic mass is 32.2. The first-order valence-electron chi connectivity index (χ1n) is 12.7. The Hall–Kier alpha value is -2.69. The van der Waals surface area contributed by atoms with Crippen LogP contribution in [-0.2, 0) is 21.7 Å². The van der Waals surface area contributed by atoms with E-state index in [9.17, 15) is 13.5 Å². The Morgan fingerprint density at radius 3 is 2.41 bits per heavy atom. The van der Waals surface area contributed by atoms with Gasteiger partial charge in [0, 0.05) is 24.0 Å². The van der Waals surface area contributed by atoms with Crippen molar-refractivity contribution in [2.75, 3.05) is 13.2 Å². The first-order valence-corrected chi connectivity index (χ1v) is 14.3. The molecule has 1 aliphatic heterocycles. The molecular weight excluding hydrogens is 498 g/mol. The predicted octanol–water partition coefficient (Wildman–Crippen LogP) is 3.66. The molecule has 2 N–H and O–H groups in total. The van der Waals surface area contributed by atoms with Crippen LogP contribution in [-0.4, -0.2) is 52.7 Å². The van der Waals surface area contributed by atoms with Crippen molar-refractivity contribution < 1.29 is 22.3 Å². The number of hydrogen-bond donors (Lipinski definition) is 2. The van der Waals surface area contributed by atoms with E-state index in [4.69, 9.17) is 0 Å². The number of aliphatic hydroxyl groups excluding tert-OH is 1. The van der Waals surface area contributed by atoms with Gasteiger partial charge in [-0.1, -0.05) is 30.3 Å². The fourth-order valence-electron chi connectivity index (χ4n) is 6.03. The number of halogens is 2. The third-order valence-electron chi connectivity index (χ3n) is 8.37. The van der Waals surface area contributed by atoms with E-state index in [1.807, 2.05) is 10.6 Å². The van der Waals surface area contributed by atoms with Gasteiger partial charge in [0.25, 0.3) is 0 Å². The highest BCUT2D eigenvalue weighted by Gasteiger charge is 2.43. The van der Waals surface area contributed by atoms with Crippen LogP contribution in [0.2, 0.25) is 0 Å². The Bertz CT molecular complexity index is 1330. The molecule has 0 spiro atoms. The Balaban J connectivity index is 1.39. The fourth-order valence-corrected chi connectivity index (χ4v) is 8.40. The first kappa shape index (κ1) is 25.9. The van der Waals surface area contributed by atoms with Crippen LogP contribution in [0.25, 0.3) is 0 Å². The van der Waals surface area contributed by atoms with Crippen molar-refractivity contribution in [1.29, 1.82) is 0 Å². The van der Waals surface area contributed by atoms with Crippen LogP contribution in [0, 0.1) is 11.6 Å². The Labute approximate surface area is 215 Å². The number of aromatic nitrogens is 3. The van der Waals surface area contributed by atoms with E-state index < -0.39 is 43.4 Å². The highest BCUT2D eigenvalue weighted by Crippen LogP contribution is 2.44. The Kier molecular flexibility index (Phi) is 7.17. The van der Waals surface area contributed by atoms with Crippen molar-refractivity contribution in [2.45, 2.75) is 67.0 Å². The topological polar surface area (TPSA) is 97.1 Å². The number of nitrogens with one attached hydrogen (secondary N) is 1. The standard InChI is InChI=1S/C27H32F2N4O3S/c1-18-25(37(35,36)26(14-30-18)19-5-3-2-4-6-19)12-20-11-24(29)22(13-23(20)28)27(15-34)9-7-21(8-10-27)33-16-31-32-17-33/h2-6,11,13,16-18,21,25-26,30,34H,7-10,12,14-15H2,1H3/t18-,21?,25?,26-,27?/m0/s1. The average Bonchev–Trinajstić information content (AvgIpc) is 3.44. The maximum Gasteiger partial charge on any atom is 0.163 e. The van der Waals surface area contributed by atoms with Gasteiger partial charge in [0.1, 0.15) is 24.3 Å². The lowest BCUT2D eigenvalue weighted by atomic mass is 9.68. The molecule has 1 saturated carbocycles. The molecule has 0 amide bonds. The highest BCUT2D eigenvalue weighted by molar-refractivity contribution is 7.92. The third-order valence-corrected chi connectivity index (χ3v) is 11.0. The SMILES string of the molecule is C[C@@H]1NC[C@@H](c2ccccc2)S(=O)(=O)C1Cc1cc(F)c(C2(CO)CCC(n3cnnc3)CC2)cc1F. The number of hydrogen-bond acceptors (Lipinski definition) is 6. The quantitative estimate of drug-likeness (QED) is 0.505. The minimum atomic E-state index is -3.67. The second-order valence-electron chi connectivity index (χ2n) is 10.4. The molecule has 198 valence electrons. The van der Waals surface area contributed by atoms with Gasteiger partial charge < -0.3 is 15.0 Å². The summed E-state index contributed by atoms with van der Waals surface area (Å²) in [6, 6.07) is 11.0. The van der Waals surface area contributed by atoms with Crippen molar-refractivity contribution in [2.24, 2.45) is 0 Å². The monoisotopic (exact) mass is 530 g/mol. The van der Waals surface area contributed by atoms with Crippen molar-refractivity contribution >= 4 is 9.84 Å². The summed E-state index contributed by atoms with van der Waals surface area (Å²) in [5.74, 6) is -1.25. The number of aliphatic hydroxyl groups is 1. The smallest absolute Gasteiger partial charge is 0.163 e. The van der Waals surface area contributed by atoms with Crippen LogP contribution in [0.3, 0.4) is 0 Å². The van der Waals surface area contributed by atoms with E-state index in [2.05, 4.69) is 15.5 Å². The van der Waals surface area contributed by atoms with E-state index >= 15 is 8.78 Å². The van der Waals surface area contributed by atoms with Gasteiger partial charge in [-0.3, -0.25) is 0 Å². The number of benzene rings is 2. The van der Waals surface area contributed by atoms with Crippen LogP contribution in [0.5, 0.6) is 0 Å². The molecule has 7 nitrogen and oxygen atoms in total. The summed E-state index contributed by atoms with van der Waals surface area (Å²) < 4.78 is 60.0. The van der Waals surface area contributed by atoms with Gasteiger partial charge in [-0.05, 0) is 67.9 Å². The Morgan fingerprint density at radius 2 is 1.76 bits per heavy atom. The van der Waals surface area contributed by atoms with Gasteiger partial charge in [-0.25, -0.2) is 17.2 Å². The van der Waals surface area contributed by atoms with Crippen molar-refractivity contribution in [3.63, 3.8) is 0 Å². The zero-order chi connectivity index (χ0) is 26.2. The molecule has 1 aromatic heterocycles. The lowest BCUT2D eigenvalue weighted by Crippen LogP contribution is -2.53. The van der Waals surface area contributed by atoms with E-state index in [-0.39, 0.29) is 36.7 Å². The van der Waals surface area contributed by atoms with Crippen LogP contribution in [0.4, 0.5) is 8.78 Å². The molecule has 2 fully saturated rings. The van der Waals surface area contributed by atoms with Crippen LogP contribution in [0.15, 0.2) is 55.1 Å². The summed E-state index contributed by atoms with van der Waals surface area (Å²) in [6.07, 6.45) is 5.46. The molecule has 1 unspecified atom stereocenters. The molecule has 2 aromatic carbocycles. The summed E-state index contributed by atoms with van der Waals surface area (Å²) in [6.45, 7) is 1.74. The molecule has 1 aliphatic carbocycles. The molecule has 0 bridgehead atoms. The second kappa shape index (κ2) is 10.2. The first-order chi connectivity index (χ1) is 17.7. The number of sulfone groups is 1. The maximum absolute atomic E-state index is 15.5. The van der Waals surface area contributed by atoms with Gasteiger partial charge in [-0.2, -0.15) is 0 Å². The van der Waals surface area contributed by atoms with Crippen molar-refractivity contribution in [3.8, 4) is 0 Å². The van der Waals surface area contributed by atoms with Crippen LogP contribution < -0.4 is 5.32 Å². The maximum atomic E-state index is 15.5. The van der Waals surface area contributed by atoms with E-state index in [0.29, 0.717) is 31.2 Å². The molecule has 2 aliphatic rings. The Morgan fingerprint density at radius 1 is 1.08 bits per heavy atom. The second-order valence-corrected chi connectivity index (χ2v) is 12.8. The minimum Gasteiger partial charge on any atom is -0.395 e. The molecule has 37 heavy (non-hydrogen) atoms. The van der Waals surface area contributed by atoms with E-state index in [1.165, 1.54) is 6.07 Å². The summed E-state index contributed by atoms with van der Waals surface area (Å²) in [5.41, 5.74) is -0.0272. The van der Waals surface area contributed by atoms with Crippen molar-refractivity contribution in [3.05, 3.63) is 83.4 Å². The summed E-state index contributed by atoms with van der Waals surface area (Å²) in [5, 5.41) is 19.6. The number of rotatable bonds is 6. The summed E-state index contributed by atoms with van der Waals surface area (Å²) in [4.78, 5) is 0.